The van der Waals surface area contributed by atoms with Crippen LogP contribution < -0.4 is 5.73 Å². The lowest BCUT2D eigenvalue weighted by molar-refractivity contribution is 0.741. The van der Waals surface area contributed by atoms with Crippen LogP contribution in [0.25, 0.3) is 0 Å². The monoisotopic (exact) mass is 231 g/mol. The first-order chi connectivity index (χ1) is 6.15. The highest BCUT2D eigenvalue weighted by Crippen LogP contribution is 2.21. The molecule has 0 saturated heterocycles. The Kier molecular flexibility index (Phi) is 5.86. The van der Waals surface area contributed by atoms with Gasteiger partial charge in [0.2, 0.25) is 0 Å². The summed E-state index contributed by atoms with van der Waals surface area (Å²) in [6.45, 7) is 5.63. The molecule has 1 aromatic rings. The maximum atomic E-state index is 5.98. The van der Waals surface area contributed by atoms with E-state index in [1.165, 1.54) is 0 Å². The predicted molar refractivity (Wildman–Crippen MR) is 65.2 cm³/mol. The topological polar surface area (TPSA) is 26.0 Å². The van der Waals surface area contributed by atoms with E-state index < -0.39 is 0 Å². The summed E-state index contributed by atoms with van der Waals surface area (Å²) in [5.74, 6) is 0. The summed E-state index contributed by atoms with van der Waals surface area (Å²) in [6, 6.07) is 5.93. The minimum Gasteiger partial charge on any atom is -0.324 e. The Bertz CT molecular complexity index is 310. The zero-order valence-corrected chi connectivity index (χ0v) is 9.74. The second-order valence-electron chi connectivity index (χ2n) is 3.14. The Morgan fingerprint density at radius 2 is 2.21 bits per heavy atom. The standard InChI is InChI=1S/C11H14ClN.ClH/c1-3-4-11(13)9-6-5-8(2)10(12)7-9;/h3,5-7,11H,1,4,13H2,2H3;1H/t11-;/m0./s1. The summed E-state index contributed by atoms with van der Waals surface area (Å²) < 4.78 is 0. The molecule has 0 amide bonds. The molecule has 1 atom stereocenters. The summed E-state index contributed by atoms with van der Waals surface area (Å²) in [5, 5.41) is 0.775. The molecule has 0 aliphatic heterocycles. The lowest BCUT2D eigenvalue weighted by Crippen LogP contribution is -2.08. The number of hydrogen-bond acceptors (Lipinski definition) is 1. The number of halogens is 2. The van der Waals surface area contributed by atoms with Crippen molar-refractivity contribution in [1.29, 1.82) is 0 Å². The van der Waals surface area contributed by atoms with Gasteiger partial charge in [0.05, 0.1) is 0 Å². The molecule has 1 aromatic carbocycles. The fourth-order valence-electron chi connectivity index (χ4n) is 1.16. The smallest absolute Gasteiger partial charge is 0.0438 e. The van der Waals surface area contributed by atoms with Crippen molar-refractivity contribution in [3.05, 3.63) is 47.0 Å². The minimum atomic E-state index is 0. The van der Waals surface area contributed by atoms with E-state index in [4.69, 9.17) is 17.3 Å². The van der Waals surface area contributed by atoms with Crippen molar-refractivity contribution in [3.8, 4) is 0 Å². The zero-order valence-electron chi connectivity index (χ0n) is 8.16. The van der Waals surface area contributed by atoms with Crippen molar-refractivity contribution in [1.82, 2.24) is 0 Å². The van der Waals surface area contributed by atoms with E-state index in [1.807, 2.05) is 31.2 Å². The molecule has 0 bridgehead atoms. The SMILES string of the molecule is C=CC[C@H](N)c1ccc(C)c(Cl)c1.Cl. The number of nitrogens with two attached hydrogens (primary N) is 1. The summed E-state index contributed by atoms with van der Waals surface area (Å²) in [4.78, 5) is 0. The number of aryl methyl sites for hydroxylation is 1. The average molecular weight is 232 g/mol. The van der Waals surface area contributed by atoms with Crippen LogP contribution in [0.1, 0.15) is 23.6 Å². The highest BCUT2D eigenvalue weighted by molar-refractivity contribution is 6.31. The van der Waals surface area contributed by atoms with E-state index in [0.717, 1.165) is 22.6 Å². The van der Waals surface area contributed by atoms with Gasteiger partial charge in [0.25, 0.3) is 0 Å². The molecule has 0 aliphatic rings. The van der Waals surface area contributed by atoms with Crippen molar-refractivity contribution >= 4 is 24.0 Å². The van der Waals surface area contributed by atoms with E-state index >= 15 is 0 Å². The Morgan fingerprint density at radius 1 is 1.57 bits per heavy atom. The lowest BCUT2D eigenvalue weighted by Gasteiger charge is -2.10. The van der Waals surface area contributed by atoms with Gasteiger partial charge in [-0.1, -0.05) is 29.8 Å². The highest BCUT2D eigenvalue weighted by atomic mass is 35.5. The van der Waals surface area contributed by atoms with Crippen LogP contribution in [0.3, 0.4) is 0 Å². The Labute approximate surface area is 96.4 Å². The van der Waals surface area contributed by atoms with Crippen LogP contribution in [-0.2, 0) is 0 Å². The summed E-state index contributed by atoms with van der Waals surface area (Å²) in [5.41, 5.74) is 8.04. The normalized spacial score (nSPS) is 11.6. The molecule has 3 heteroatoms. The van der Waals surface area contributed by atoms with Crippen LogP contribution in [0.5, 0.6) is 0 Å². The Hall–Kier alpha value is -0.500. The summed E-state index contributed by atoms with van der Waals surface area (Å²) in [6.07, 6.45) is 2.60. The van der Waals surface area contributed by atoms with Gasteiger partial charge in [-0.25, -0.2) is 0 Å². The second kappa shape index (κ2) is 6.07. The van der Waals surface area contributed by atoms with E-state index in [2.05, 4.69) is 6.58 Å². The molecule has 0 aliphatic carbocycles. The molecule has 0 fully saturated rings. The Morgan fingerprint density at radius 3 is 2.71 bits per heavy atom. The first-order valence-electron chi connectivity index (χ1n) is 4.27. The van der Waals surface area contributed by atoms with Gasteiger partial charge < -0.3 is 5.73 Å². The lowest BCUT2D eigenvalue weighted by atomic mass is 10.0. The van der Waals surface area contributed by atoms with E-state index in [-0.39, 0.29) is 18.4 Å². The molecule has 0 unspecified atom stereocenters. The van der Waals surface area contributed by atoms with Crippen LogP contribution >= 0.6 is 24.0 Å². The van der Waals surface area contributed by atoms with Gasteiger partial charge in [-0.05, 0) is 30.5 Å². The van der Waals surface area contributed by atoms with Gasteiger partial charge in [-0.15, -0.1) is 19.0 Å². The van der Waals surface area contributed by atoms with Gasteiger partial charge >= 0.3 is 0 Å². The van der Waals surface area contributed by atoms with Crippen LogP contribution in [0.15, 0.2) is 30.9 Å². The van der Waals surface area contributed by atoms with Crippen molar-refractivity contribution < 1.29 is 0 Å². The molecule has 0 saturated carbocycles. The first-order valence-corrected chi connectivity index (χ1v) is 4.65. The van der Waals surface area contributed by atoms with E-state index in [1.54, 1.807) is 0 Å². The van der Waals surface area contributed by atoms with Crippen molar-refractivity contribution in [2.45, 2.75) is 19.4 Å². The van der Waals surface area contributed by atoms with Crippen molar-refractivity contribution in [3.63, 3.8) is 0 Å². The third-order valence-electron chi connectivity index (χ3n) is 2.04. The average Bonchev–Trinajstić information content (AvgIpc) is 2.10. The van der Waals surface area contributed by atoms with Crippen LogP contribution in [0.4, 0.5) is 0 Å². The molecule has 0 spiro atoms. The summed E-state index contributed by atoms with van der Waals surface area (Å²) >= 11 is 5.98. The molecule has 0 radical (unpaired) electrons. The molecule has 0 aromatic heterocycles. The molecule has 1 nitrogen and oxygen atoms in total. The maximum Gasteiger partial charge on any atom is 0.0438 e. The fraction of sp³-hybridized carbons (Fsp3) is 0.273. The predicted octanol–water partition coefficient (Wildman–Crippen LogP) is 3.65. The number of rotatable bonds is 3. The maximum absolute atomic E-state index is 5.98. The third kappa shape index (κ3) is 3.33. The molecular formula is C11H15Cl2N. The largest absolute Gasteiger partial charge is 0.324 e. The van der Waals surface area contributed by atoms with E-state index in [9.17, 15) is 0 Å². The van der Waals surface area contributed by atoms with Gasteiger partial charge in [0.1, 0.15) is 0 Å². The molecule has 14 heavy (non-hydrogen) atoms. The van der Waals surface area contributed by atoms with Crippen molar-refractivity contribution in [2.24, 2.45) is 5.73 Å². The second-order valence-corrected chi connectivity index (χ2v) is 3.55. The number of hydrogen-bond donors (Lipinski definition) is 1. The van der Waals surface area contributed by atoms with Crippen LogP contribution in [0, 0.1) is 6.92 Å². The minimum absolute atomic E-state index is 0. The van der Waals surface area contributed by atoms with Gasteiger partial charge in [-0.3, -0.25) is 0 Å². The Balaban J connectivity index is 0.00000169. The van der Waals surface area contributed by atoms with Crippen LogP contribution in [-0.4, -0.2) is 0 Å². The quantitative estimate of drug-likeness (QED) is 0.791. The molecule has 2 N–H and O–H groups in total. The highest BCUT2D eigenvalue weighted by Gasteiger charge is 2.04. The number of benzene rings is 1. The van der Waals surface area contributed by atoms with Gasteiger partial charge in [0.15, 0.2) is 0 Å². The fourth-order valence-corrected chi connectivity index (χ4v) is 1.34. The van der Waals surface area contributed by atoms with Gasteiger partial charge in [-0.2, -0.15) is 0 Å². The summed E-state index contributed by atoms with van der Waals surface area (Å²) in [7, 11) is 0. The van der Waals surface area contributed by atoms with Crippen molar-refractivity contribution in [2.75, 3.05) is 0 Å². The molecular weight excluding hydrogens is 217 g/mol. The zero-order chi connectivity index (χ0) is 9.84. The first kappa shape index (κ1) is 13.5. The molecule has 0 heterocycles. The van der Waals surface area contributed by atoms with Crippen LogP contribution in [0.2, 0.25) is 5.02 Å². The molecule has 1 rings (SSSR count). The van der Waals surface area contributed by atoms with Gasteiger partial charge in [0, 0.05) is 11.1 Å². The molecule has 78 valence electrons. The van der Waals surface area contributed by atoms with E-state index in [0.29, 0.717) is 0 Å². The third-order valence-corrected chi connectivity index (χ3v) is 2.45.